The molecule has 35 heavy (non-hydrogen) atoms. The van der Waals surface area contributed by atoms with Gasteiger partial charge in [-0.05, 0) is 58.8 Å². The van der Waals surface area contributed by atoms with Crippen LogP contribution < -0.4 is 4.74 Å². The molecule has 0 fully saturated rings. The van der Waals surface area contributed by atoms with Crippen molar-refractivity contribution in [2.75, 3.05) is 7.11 Å². The number of phenolic OH excluding ortho intramolecular Hbond substituents is 1. The Labute approximate surface area is 212 Å². The van der Waals surface area contributed by atoms with Crippen molar-refractivity contribution in [3.63, 3.8) is 0 Å². The molecule has 0 spiro atoms. The minimum atomic E-state index is -0.386. The first-order valence-corrected chi connectivity index (χ1v) is 12.4. The van der Waals surface area contributed by atoms with Crippen molar-refractivity contribution in [2.24, 2.45) is 0 Å². The van der Waals surface area contributed by atoms with Gasteiger partial charge < -0.3 is 9.84 Å². The molecule has 4 nitrogen and oxygen atoms in total. The van der Waals surface area contributed by atoms with Gasteiger partial charge in [0.1, 0.15) is 24.1 Å². The third-order valence-corrected chi connectivity index (χ3v) is 7.17. The number of carbonyl (C=O) groups is 2. The first-order valence-electron chi connectivity index (χ1n) is 12.4. The summed E-state index contributed by atoms with van der Waals surface area (Å²) >= 11 is 0. The lowest BCUT2D eigenvalue weighted by Crippen LogP contribution is -2.27. The van der Waals surface area contributed by atoms with Crippen molar-refractivity contribution in [3.05, 3.63) is 57.6 Å². The second kappa shape index (κ2) is 9.79. The Balaban J connectivity index is 2.55. The largest absolute Gasteiger partial charge is 0.507 e. The first kappa shape index (κ1) is 28.6. The first-order chi connectivity index (χ1) is 15.9. The molecule has 192 valence electrons. The highest BCUT2D eigenvalue weighted by Crippen LogP contribution is 2.46. The molecule has 2 aromatic carbocycles. The van der Waals surface area contributed by atoms with Gasteiger partial charge in [0.05, 0.1) is 7.11 Å². The number of benzene rings is 2. The zero-order chi connectivity index (χ0) is 27.0. The molecule has 2 rings (SSSR count). The number of ether oxygens (including phenoxy) is 1. The summed E-state index contributed by atoms with van der Waals surface area (Å²) in [7, 11) is 1.69. The highest BCUT2D eigenvalue weighted by molar-refractivity contribution is 5.78. The Morgan fingerprint density at radius 3 is 1.43 bits per heavy atom. The molecule has 0 aliphatic carbocycles. The normalized spacial score (nSPS) is 13.0. The van der Waals surface area contributed by atoms with Crippen molar-refractivity contribution in [1.29, 1.82) is 0 Å². The van der Waals surface area contributed by atoms with E-state index in [2.05, 4.69) is 48.5 Å². The maximum absolute atomic E-state index is 11.8. The molecule has 0 atom stereocenters. The summed E-state index contributed by atoms with van der Waals surface area (Å²) in [5.41, 5.74) is 3.64. The predicted octanol–water partition coefficient (Wildman–Crippen LogP) is 7.66. The average molecular weight is 481 g/mol. The van der Waals surface area contributed by atoms with Gasteiger partial charge in [-0.1, -0.05) is 69.2 Å². The maximum Gasteiger partial charge on any atom is 0.150 e. The van der Waals surface area contributed by atoms with Crippen LogP contribution in [0, 0.1) is 0 Å². The van der Waals surface area contributed by atoms with Crippen LogP contribution in [-0.4, -0.2) is 24.8 Å². The number of methoxy groups -OCH3 is 1. The van der Waals surface area contributed by atoms with Crippen molar-refractivity contribution in [3.8, 4) is 11.5 Å². The third-order valence-electron chi connectivity index (χ3n) is 7.17. The fraction of sp³-hybridized carbons (Fsp3) is 0.548. The van der Waals surface area contributed by atoms with E-state index in [1.165, 1.54) is 0 Å². The van der Waals surface area contributed by atoms with E-state index in [0.29, 0.717) is 11.1 Å². The third kappa shape index (κ3) is 6.15. The topological polar surface area (TPSA) is 63.6 Å². The number of aldehydes is 2. The summed E-state index contributed by atoms with van der Waals surface area (Å²) in [4.78, 5) is 23.5. The molecule has 0 radical (unpaired) electrons. The van der Waals surface area contributed by atoms with Crippen LogP contribution in [0.4, 0.5) is 0 Å². The number of hydrogen-bond donors (Lipinski definition) is 1. The van der Waals surface area contributed by atoms with Crippen molar-refractivity contribution in [2.45, 2.75) is 104 Å². The lowest BCUT2D eigenvalue weighted by Gasteiger charge is -2.35. The molecule has 0 aromatic heterocycles. The molecule has 0 aliphatic heterocycles. The van der Waals surface area contributed by atoms with Gasteiger partial charge >= 0.3 is 0 Å². The van der Waals surface area contributed by atoms with Crippen LogP contribution in [0.2, 0.25) is 0 Å². The van der Waals surface area contributed by atoms with Crippen LogP contribution in [0.3, 0.4) is 0 Å². The Kier molecular flexibility index (Phi) is 8.01. The smallest absolute Gasteiger partial charge is 0.150 e. The van der Waals surface area contributed by atoms with Crippen LogP contribution in [0.15, 0.2) is 24.3 Å². The van der Waals surface area contributed by atoms with Gasteiger partial charge in [-0.25, -0.2) is 0 Å². The van der Waals surface area contributed by atoms with Gasteiger partial charge in [0, 0.05) is 33.4 Å². The van der Waals surface area contributed by atoms with Gasteiger partial charge in [-0.3, -0.25) is 9.59 Å². The standard InChI is InChI=1S/C31H44O4/c1-28(2,3)22-14-20(18-32)15-23(26(22)34)30(7,8)12-13-31(9,10)25-17-21(19-33)16-24(27(25)35-11)29(4,5)6/h14-19,34H,12-13H2,1-11H3. The molecule has 0 saturated carbocycles. The molecular weight excluding hydrogens is 436 g/mol. The highest BCUT2D eigenvalue weighted by Gasteiger charge is 2.34. The van der Waals surface area contributed by atoms with E-state index in [1.807, 2.05) is 39.0 Å². The molecule has 0 heterocycles. The van der Waals surface area contributed by atoms with Gasteiger partial charge in [0.25, 0.3) is 0 Å². The van der Waals surface area contributed by atoms with Gasteiger partial charge in [0.2, 0.25) is 0 Å². The van der Waals surface area contributed by atoms with Gasteiger partial charge in [-0.2, -0.15) is 0 Å². The minimum Gasteiger partial charge on any atom is -0.507 e. The van der Waals surface area contributed by atoms with E-state index in [0.717, 1.165) is 53.4 Å². The van der Waals surface area contributed by atoms with Crippen LogP contribution in [0.25, 0.3) is 0 Å². The highest BCUT2D eigenvalue weighted by atomic mass is 16.5. The van der Waals surface area contributed by atoms with E-state index in [9.17, 15) is 14.7 Å². The molecule has 0 unspecified atom stereocenters. The quantitative estimate of drug-likeness (QED) is 0.394. The summed E-state index contributed by atoms with van der Waals surface area (Å²) in [5, 5.41) is 11.2. The summed E-state index contributed by atoms with van der Waals surface area (Å²) < 4.78 is 5.91. The number of aromatic hydroxyl groups is 1. The average Bonchev–Trinajstić information content (AvgIpc) is 2.75. The minimum absolute atomic E-state index is 0.182. The Hall–Kier alpha value is -2.62. The SMILES string of the molecule is COc1c(C(C)(C)C)cc(C=O)cc1C(C)(C)CCC(C)(C)c1cc(C=O)cc(C(C)(C)C)c1O. The second-order valence-corrected chi connectivity index (χ2v) is 13.1. The number of hydrogen-bond acceptors (Lipinski definition) is 4. The van der Waals surface area contributed by atoms with Crippen molar-refractivity contribution >= 4 is 12.6 Å². The molecule has 1 N–H and O–H groups in total. The van der Waals surface area contributed by atoms with Crippen LogP contribution in [0.5, 0.6) is 11.5 Å². The molecule has 2 aromatic rings. The fourth-order valence-corrected chi connectivity index (χ4v) is 4.71. The van der Waals surface area contributed by atoms with Crippen molar-refractivity contribution in [1.82, 2.24) is 0 Å². The Bertz CT molecular complexity index is 1090. The lowest BCUT2D eigenvalue weighted by molar-refractivity contribution is 0.111. The van der Waals surface area contributed by atoms with Crippen LogP contribution in [-0.2, 0) is 21.7 Å². The van der Waals surface area contributed by atoms with Crippen molar-refractivity contribution < 1.29 is 19.4 Å². The zero-order valence-corrected chi connectivity index (χ0v) is 23.6. The molecule has 0 saturated heterocycles. The molecular formula is C31H44O4. The summed E-state index contributed by atoms with van der Waals surface area (Å²) in [6.07, 6.45) is 3.30. The van der Waals surface area contributed by atoms with E-state index in [-0.39, 0.29) is 27.4 Å². The monoisotopic (exact) mass is 480 g/mol. The summed E-state index contributed by atoms with van der Waals surface area (Å²) in [6, 6.07) is 7.47. The Morgan fingerprint density at radius 2 is 1.03 bits per heavy atom. The van der Waals surface area contributed by atoms with E-state index in [1.54, 1.807) is 13.2 Å². The van der Waals surface area contributed by atoms with Gasteiger partial charge in [0.15, 0.2) is 0 Å². The fourth-order valence-electron chi connectivity index (χ4n) is 4.71. The maximum atomic E-state index is 11.8. The summed E-state index contributed by atoms with van der Waals surface area (Å²) in [6.45, 7) is 21.0. The second-order valence-electron chi connectivity index (χ2n) is 13.1. The van der Waals surface area contributed by atoms with Crippen LogP contribution >= 0.6 is 0 Å². The number of rotatable bonds is 8. The molecule has 0 aliphatic rings. The van der Waals surface area contributed by atoms with E-state index < -0.39 is 0 Å². The molecule has 0 bridgehead atoms. The molecule has 4 heteroatoms. The lowest BCUT2D eigenvalue weighted by atomic mass is 9.70. The zero-order valence-electron chi connectivity index (χ0n) is 23.6. The molecule has 0 amide bonds. The summed E-state index contributed by atoms with van der Waals surface area (Å²) in [5.74, 6) is 1.09. The Morgan fingerprint density at radius 1 is 0.657 bits per heavy atom. The number of phenols is 1. The van der Waals surface area contributed by atoms with Gasteiger partial charge in [-0.15, -0.1) is 0 Å². The van der Waals surface area contributed by atoms with E-state index >= 15 is 0 Å². The predicted molar refractivity (Wildman–Crippen MR) is 145 cm³/mol. The van der Waals surface area contributed by atoms with E-state index in [4.69, 9.17) is 4.74 Å². The number of carbonyl (C=O) groups excluding carboxylic acids is 2. The van der Waals surface area contributed by atoms with Crippen LogP contribution in [0.1, 0.15) is 125 Å².